The monoisotopic (exact) mass is 274 g/mol. The van der Waals surface area contributed by atoms with Crippen LogP contribution in [0.5, 0.6) is 0 Å². The van der Waals surface area contributed by atoms with Crippen LogP contribution in [0.1, 0.15) is 11.4 Å². The average Bonchev–Trinajstić information content (AvgIpc) is 3.09. The van der Waals surface area contributed by atoms with Gasteiger partial charge in [0.2, 0.25) is 5.76 Å². The second-order valence-corrected chi connectivity index (χ2v) is 4.14. The second kappa shape index (κ2) is 5.00. The molecule has 8 heteroatoms. The lowest BCUT2D eigenvalue weighted by atomic mass is 10.3. The van der Waals surface area contributed by atoms with E-state index in [9.17, 15) is 4.79 Å². The van der Waals surface area contributed by atoms with Crippen LogP contribution in [-0.2, 0) is 17.8 Å². The van der Waals surface area contributed by atoms with E-state index in [0.29, 0.717) is 29.5 Å². The van der Waals surface area contributed by atoms with Crippen LogP contribution in [0.4, 0.5) is 0 Å². The van der Waals surface area contributed by atoms with E-state index in [1.54, 1.807) is 30.7 Å². The molecule has 102 valence electrons. The van der Waals surface area contributed by atoms with E-state index < -0.39 is 5.97 Å². The van der Waals surface area contributed by atoms with Gasteiger partial charge in [0, 0.05) is 12.3 Å². The van der Waals surface area contributed by atoms with Crippen molar-refractivity contribution in [3.63, 3.8) is 0 Å². The molecule has 1 N–H and O–H groups in total. The van der Waals surface area contributed by atoms with Crippen molar-refractivity contribution in [2.24, 2.45) is 0 Å². The van der Waals surface area contributed by atoms with Crippen molar-refractivity contribution >= 4 is 5.97 Å². The molecule has 0 aliphatic rings. The maximum absolute atomic E-state index is 10.6. The van der Waals surface area contributed by atoms with E-state index in [1.165, 1.54) is 4.68 Å². The van der Waals surface area contributed by atoms with Crippen LogP contribution < -0.4 is 0 Å². The second-order valence-electron chi connectivity index (χ2n) is 4.14. The third-order valence-electron chi connectivity index (χ3n) is 2.57. The first kappa shape index (κ1) is 12.2. The molecule has 0 aliphatic carbocycles. The molecule has 0 amide bonds. The van der Waals surface area contributed by atoms with Crippen LogP contribution in [0, 0.1) is 0 Å². The maximum Gasteiger partial charge on any atom is 0.309 e. The fourth-order valence-electron chi connectivity index (χ4n) is 1.74. The Morgan fingerprint density at radius 2 is 2.25 bits per heavy atom. The highest BCUT2D eigenvalue weighted by Gasteiger charge is 2.11. The summed E-state index contributed by atoms with van der Waals surface area (Å²) in [5, 5.41) is 20.2. The van der Waals surface area contributed by atoms with Gasteiger partial charge in [-0.15, -0.1) is 5.10 Å². The van der Waals surface area contributed by atoms with Crippen molar-refractivity contribution in [1.29, 1.82) is 0 Å². The van der Waals surface area contributed by atoms with Crippen molar-refractivity contribution in [2.45, 2.75) is 13.0 Å². The Morgan fingerprint density at radius 1 is 1.35 bits per heavy atom. The molecule has 0 saturated carbocycles. The summed E-state index contributed by atoms with van der Waals surface area (Å²) >= 11 is 0. The molecular formula is C12H10N4O4. The zero-order chi connectivity index (χ0) is 13.9. The highest BCUT2D eigenvalue weighted by atomic mass is 16.5. The molecule has 0 saturated heterocycles. The Bertz CT molecular complexity index is 713. The van der Waals surface area contributed by atoms with E-state index in [0.717, 1.165) is 0 Å². The van der Waals surface area contributed by atoms with Crippen molar-refractivity contribution in [3.05, 3.63) is 42.0 Å². The summed E-state index contributed by atoms with van der Waals surface area (Å²) in [5.41, 5.74) is 1.04. The smallest absolute Gasteiger partial charge is 0.309 e. The zero-order valence-electron chi connectivity index (χ0n) is 10.3. The van der Waals surface area contributed by atoms with Crippen molar-refractivity contribution in [2.75, 3.05) is 0 Å². The van der Waals surface area contributed by atoms with Gasteiger partial charge in [0.1, 0.15) is 5.69 Å². The molecule has 0 atom stereocenters. The number of carboxylic acids is 1. The van der Waals surface area contributed by atoms with Gasteiger partial charge < -0.3 is 14.0 Å². The van der Waals surface area contributed by atoms with Crippen molar-refractivity contribution < 1.29 is 18.8 Å². The summed E-state index contributed by atoms with van der Waals surface area (Å²) in [6, 6.07) is 5.26. The normalized spacial score (nSPS) is 10.8. The number of furan rings is 1. The molecule has 8 nitrogen and oxygen atoms in total. The Morgan fingerprint density at radius 3 is 3.00 bits per heavy atom. The molecule has 3 heterocycles. The number of rotatable bonds is 5. The Labute approximate surface area is 112 Å². The molecule has 3 aromatic rings. The van der Waals surface area contributed by atoms with Gasteiger partial charge in [-0.1, -0.05) is 10.4 Å². The van der Waals surface area contributed by atoms with E-state index in [2.05, 4.69) is 15.5 Å². The molecule has 0 aromatic carbocycles. The lowest BCUT2D eigenvalue weighted by Gasteiger charge is -1.93. The standard InChI is InChI=1S/C12H10N4O4/c17-12(18)5-8-6-16(15-13-8)7-9-4-11(20-14-9)10-2-1-3-19-10/h1-4,6H,5,7H2,(H,17,18). The molecule has 0 bridgehead atoms. The first-order valence-electron chi connectivity index (χ1n) is 5.81. The van der Waals surface area contributed by atoms with Gasteiger partial charge >= 0.3 is 5.97 Å². The molecule has 3 rings (SSSR count). The fourth-order valence-corrected chi connectivity index (χ4v) is 1.74. The predicted octanol–water partition coefficient (Wildman–Crippen LogP) is 1.20. The average molecular weight is 274 g/mol. The molecule has 20 heavy (non-hydrogen) atoms. The number of carbonyl (C=O) groups is 1. The van der Waals surface area contributed by atoms with Crippen LogP contribution in [0.2, 0.25) is 0 Å². The molecule has 0 fully saturated rings. The zero-order valence-corrected chi connectivity index (χ0v) is 10.3. The quantitative estimate of drug-likeness (QED) is 0.744. The summed E-state index contributed by atoms with van der Waals surface area (Å²) in [4.78, 5) is 10.6. The molecular weight excluding hydrogens is 264 g/mol. The largest absolute Gasteiger partial charge is 0.481 e. The lowest BCUT2D eigenvalue weighted by molar-refractivity contribution is -0.136. The van der Waals surface area contributed by atoms with Crippen LogP contribution >= 0.6 is 0 Å². The minimum atomic E-state index is -0.946. The third kappa shape index (κ3) is 2.58. The van der Waals surface area contributed by atoms with Crippen LogP contribution in [0.25, 0.3) is 11.5 Å². The fraction of sp³-hybridized carbons (Fsp3) is 0.167. The SMILES string of the molecule is O=C(O)Cc1cn(Cc2cc(-c3ccco3)on2)nn1. The highest BCUT2D eigenvalue weighted by Crippen LogP contribution is 2.20. The number of hydrogen-bond acceptors (Lipinski definition) is 6. The van der Waals surface area contributed by atoms with E-state index in [-0.39, 0.29) is 6.42 Å². The van der Waals surface area contributed by atoms with E-state index in [1.807, 2.05) is 0 Å². The first-order valence-corrected chi connectivity index (χ1v) is 5.81. The van der Waals surface area contributed by atoms with E-state index in [4.69, 9.17) is 14.0 Å². The van der Waals surface area contributed by atoms with Crippen LogP contribution in [0.3, 0.4) is 0 Å². The predicted molar refractivity (Wildman–Crippen MR) is 64.7 cm³/mol. The summed E-state index contributed by atoms with van der Waals surface area (Å²) in [6.45, 7) is 0.344. The number of aliphatic carboxylic acids is 1. The number of aromatic nitrogens is 4. The van der Waals surface area contributed by atoms with Crippen LogP contribution in [-0.4, -0.2) is 31.2 Å². The minimum Gasteiger partial charge on any atom is -0.481 e. The van der Waals surface area contributed by atoms with Gasteiger partial charge in [-0.05, 0) is 12.1 Å². The number of carboxylic acid groups (broad SMARTS) is 1. The van der Waals surface area contributed by atoms with Gasteiger partial charge in [-0.3, -0.25) is 4.79 Å². The minimum absolute atomic E-state index is 0.156. The molecule has 3 aromatic heterocycles. The third-order valence-corrected chi connectivity index (χ3v) is 2.57. The van der Waals surface area contributed by atoms with Gasteiger partial charge in [0.25, 0.3) is 0 Å². The molecule has 0 radical (unpaired) electrons. The highest BCUT2D eigenvalue weighted by molar-refractivity contribution is 5.69. The summed E-state index contributed by atoms with van der Waals surface area (Å²) < 4.78 is 11.9. The van der Waals surface area contributed by atoms with Crippen LogP contribution in [0.15, 0.2) is 39.6 Å². The Hall–Kier alpha value is -2.90. The summed E-state index contributed by atoms with van der Waals surface area (Å²) in [6.07, 6.45) is 2.96. The summed E-state index contributed by atoms with van der Waals surface area (Å²) in [7, 11) is 0. The first-order chi connectivity index (χ1) is 9.70. The van der Waals surface area contributed by atoms with Gasteiger partial charge in [-0.25, -0.2) is 4.68 Å². The number of nitrogens with zero attached hydrogens (tertiary/aromatic N) is 4. The lowest BCUT2D eigenvalue weighted by Crippen LogP contribution is -2.01. The topological polar surface area (TPSA) is 107 Å². The maximum atomic E-state index is 10.6. The van der Waals surface area contributed by atoms with Crippen molar-refractivity contribution in [1.82, 2.24) is 20.2 Å². The summed E-state index contributed by atoms with van der Waals surface area (Å²) in [5.74, 6) is 0.170. The molecule has 0 aliphatic heterocycles. The van der Waals surface area contributed by atoms with Gasteiger partial charge in [0.15, 0.2) is 5.76 Å². The van der Waals surface area contributed by atoms with Gasteiger partial charge in [-0.2, -0.15) is 0 Å². The van der Waals surface area contributed by atoms with Crippen molar-refractivity contribution in [3.8, 4) is 11.5 Å². The molecule has 0 spiro atoms. The molecule has 0 unspecified atom stereocenters. The number of hydrogen-bond donors (Lipinski definition) is 1. The van der Waals surface area contributed by atoms with E-state index >= 15 is 0 Å². The van der Waals surface area contributed by atoms with Gasteiger partial charge in [0.05, 0.1) is 24.9 Å². The Kier molecular flexibility index (Phi) is 3.04. The Balaban J connectivity index is 1.72.